The Morgan fingerprint density at radius 2 is 1.80 bits per heavy atom. The maximum Gasteiger partial charge on any atom is 0.258 e. The zero-order valence-corrected chi connectivity index (χ0v) is 14.1. The summed E-state index contributed by atoms with van der Waals surface area (Å²) in [6.45, 7) is 2.02. The van der Waals surface area contributed by atoms with Gasteiger partial charge in [0.05, 0.1) is 23.1 Å². The molecule has 2 aromatic heterocycles. The van der Waals surface area contributed by atoms with Crippen LogP contribution in [0.5, 0.6) is 0 Å². The second-order valence-corrected chi connectivity index (χ2v) is 6.09. The molecule has 1 amide bonds. The van der Waals surface area contributed by atoms with Crippen molar-refractivity contribution >= 4 is 22.5 Å². The van der Waals surface area contributed by atoms with Crippen molar-refractivity contribution in [3.8, 4) is 5.69 Å². The Balaban J connectivity index is 1.63. The lowest BCUT2D eigenvalue weighted by Crippen LogP contribution is -2.10. The summed E-state index contributed by atoms with van der Waals surface area (Å²) >= 11 is 0. The van der Waals surface area contributed by atoms with E-state index in [0.29, 0.717) is 5.56 Å². The first kappa shape index (κ1) is 15.2. The van der Waals surface area contributed by atoms with Gasteiger partial charge in [0.1, 0.15) is 0 Å². The van der Waals surface area contributed by atoms with Crippen LogP contribution in [0.2, 0.25) is 0 Å². The monoisotopic (exact) mass is 330 g/mol. The van der Waals surface area contributed by atoms with E-state index >= 15 is 0 Å². The number of nitrogens with zero attached hydrogens (tertiary/aromatic N) is 3. The standard InChI is InChI=1S/C20H18N4O/c1-14-7-3-5-9-18(14)24-12-15(11-21-24)20(25)22-17-13-23(2)19-10-6-4-8-16(17)19/h3-13H,1-2H3,(H,22,25). The molecular formula is C20H18N4O. The van der Waals surface area contributed by atoms with Gasteiger partial charge in [0.2, 0.25) is 0 Å². The van der Waals surface area contributed by atoms with E-state index in [1.54, 1.807) is 17.1 Å². The second kappa shape index (κ2) is 5.94. The van der Waals surface area contributed by atoms with Gasteiger partial charge < -0.3 is 9.88 Å². The predicted octanol–water partition coefficient (Wildman–Crippen LogP) is 3.92. The molecule has 0 saturated heterocycles. The van der Waals surface area contributed by atoms with Crippen LogP contribution in [0, 0.1) is 6.92 Å². The number of fused-ring (bicyclic) bond motifs is 1. The molecule has 0 bridgehead atoms. The Bertz CT molecular complexity index is 1070. The van der Waals surface area contributed by atoms with Crippen molar-refractivity contribution in [1.29, 1.82) is 0 Å². The van der Waals surface area contributed by atoms with Crippen molar-refractivity contribution in [3.05, 3.63) is 78.2 Å². The minimum atomic E-state index is -0.170. The first-order valence-corrected chi connectivity index (χ1v) is 8.09. The third-order valence-corrected chi connectivity index (χ3v) is 4.35. The molecule has 124 valence electrons. The summed E-state index contributed by atoms with van der Waals surface area (Å²) in [7, 11) is 1.97. The van der Waals surface area contributed by atoms with Crippen molar-refractivity contribution in [2.45, 2.75) is 6.92 Å². The Morgan fingerprint density at radius 1 is 1.04 bits per heavy atom. The van der Waals surface area contributed by atoms with Gasteiger partial charge in [-0.15, -0.1) is 0 Å². The number of carbonyl (C=O) groups excluding carboxylic acids is 1. The first-order chi connectivity index (χ1) is 12.1. The van der Waals surface area contributed by atoms with Crippen LogP contribution in [-0.2, 0) is 7.05 Å². The van der Waals surface area contributed by atoms with Crippen molar-refractivity contribution in [3.63, 3.8) is 0 Å². The lowest BCUT2D eigenvalue weighted by Gasteiger charge is -2.04. The predicted molar refractivity (Wildman–Crippen MR) is 99.2 cm³/mol. The van der Waals surface area contributed by atoms with E-state index in [-0.39, 0.29) is 5.91 Å². The summed E-state index contributed by atoms with van der Waals surface area (Å²) in [4.78, 5) is 12.6. The highest BCUT2D eigenvalue weighted by Crippen LogP contribution is 2.25. The van der Waals surface area contributed by atoms with Crippen LogP contribution in [-0.4, -0.2) is 20.3 Å². The third kappa shape index (κ3) is 2.70. The maximum atomic E-state index is 12.6. The molecule has 0 aliphatic rings. The zero-order chi connectivity index (χ0) is 17.4. The molecule has 0 aliphatic carbocycles. The number of para-hydroxylation sites is 2. The van der Waals surface area contributed by atoms with Crippen LogP contribution in [0.3, 0.4) is 0 Å². The second-order valence-electron chi connectivity index (χ2n) is 6.09. The van der Waals surface area contributed by atoms with Crippen LogP contribution in [0.25, 0.3) is 16.6 Å². The Kier molecular flexibility index (Phi) is 3.61. The van der Waals surface area contributed by atoms with E-state index in [9.17, 15) is 4.79 Å². The molecule has 0 spiro atoms. The van der Waals surface area contributed by atoms with Crippen molar-refractivity contribution in [2.75, 3.05) is 5.32 Å². The number of anilines is 1. The highest BCUT2D eigenvalue weighted by Gasteiger charge is 2.13. The van der Waals surface area contributed by atoms with Gasteiger partial charge in [-0.2, -0.15) is 5.10 Å². The molecule has 0 atom stereocenters. The molecule has 4 rings (SSSR count). The van der Waals surface area contributed by atoms with Gasteiger partial charge in [0.25, 0.3) is 5.91 Å². The molecular weight excluding hydrogens is 312 g/mol. The molecule has 0 radical (unpaired) electrons. The lowest BCUT2D eigenvalue weighted by molar-refractivity contribution is 0.102. The van der Waals surface area contributed by atoms with Gasteiger partial charge >= 0.3 is 0 Å². The number of nitrogens with one attached hydrogen (secondary N) is 1. The maximum absolute atomic E-state index is 12.6. The highest BCUT2D eigenvalue weighted by atomic mass is 16.1. The summed E-state index contributed by atoms with van der Waals surface area (Å²) in [6, 6.07) is 15.9. The molecule has 4 aromatic rings. The smallest absolute Gasteiger partial charge is 0.258 e. The van der Waals surface area contributed by atoms with Gasteiger partial charge in [0.15, 0.2) is 0 Å². The number of benzene rings is 2. The van der Waals surface area contributed by atoms with Gasteiger partial charge in [-0.05, 0) is 24.6 Å². The fourth-order valence-electron chi connectivity index (χ4n) is 3.03. The summed E-state index contributed by atoms with van der Waals surface area (Å²) < 4.78 is 3.73. The van der Waals surface area contributed by atoms with Crippen LogP contribution < -0.4 is 5.32 Å². The number of aromatic nitrogens is 3. The highest BCUT2D eigenvalue weighted by molar-refractivity contribution is 6.08. The molecule has 0 saturated carbocycles. The molecule has 0 aliphatic heterocycles. The molecule has 2 aromatic carbocycles. The third-order valence-electron chi connectivity index (χ3n) is 4.35. The largest absolute Gasteiger partial charge is 0.348 e. The van der Waals surface area contributed by atoms with Crippen LogP contribution in [0.4, 0.5) is 5.69 Å². The van der Waals surface area contributed by atoms with E-state index in [4.69, 9.17) is 0 Å². The molecule has 1 N–H and O–H groups in total. The summed E-state index contributed by atoms with van der Waals surface area (Å²) in [6.07, 6.45) is 5.27. The summed E-state index contributed by atoms with van der Waals surface area (Å²) in [5, 5.41) is 8.33. The molecule has 5 nitrogen and oxygen atoms in total. The fraction of sp³-hybridized carbons (Fsp3) is 0.100. The van der Waals surface area contributed by atoms with Gasteiger partial charge in [-0.3, -0.25) is 4.79 Å². The van der Waals surface area contributed by atoms with E-state index in [0.717, 1.165) is 27.8 Å². The molecule has 0 unspecified atom stereocenters. The number of amides is 1. The topological polar surface area (TPSA) is 51.9 Å². The molecule has 2 heterocycles. The minimum Gasteiger partial charge on any atom is -0.348 e. The zero-order valence-electron chi connectivity index (χ0n) is 14.1. The van der Waals surface area contributed by atoms with Crippen molar-refractivity contribution in [1.82, 2.24) is 14.3 Å². The average Bonchev–Trinajstić information content (AvgIpc) is 3.22. The SMILES string of the molecule is Cc1ccccc1-n1cc(C(=O)Nc2cn(C)c3ccccc23)cn1. The summed E-state index contributed by atoms with van der Waals surface area (Å²) in [5.41, 5.74) is 4.47. The van der Waals surface area contributed by atoms with E-state index in [1.807, 2.05) is 73.3 Å². The molecule has 25 heavy (non-hydrogen) atoms. The Morgan fingerprint density at radius 3 is 2.64 bits per heavy atom. The number of hydrogen-bond donors (Lipinski definition) is 1. The normalized spacial score (nSPS) is 11.0. The van der Waals surface area contributed by atoms with Gasteiger partial charge in [0, 0.05) is 30.3 Å². The van der Waals surface area contributed by atoms with E-state index < -0.39 is 0 Å². The lowest BCUT2D eigenvalue weighted by atomic mass is 10.2. The summed E-state index contributed by atoms with van der Waals surface area (Å²) in [5.74, 6) is -0.170. The number of rotatable bonds is 3. The minimum absolute atomic E-state index is 0.170. The Labute approximate surface area is 145 Å². The fourth-order valence-corrected chi connectivity index (χ4v) is 3.03. The van der Waals surface area contributed by atoms with Gasteiger partial charge in [-0.25, -0.2) is 4.68 Å². The van der Waals surface area contributed by atoms with Crippen molar-refractivity contribution in [2.24, 2.45) is 7.05 Å². The molecule has 5 heteroatoms. The quantitative estimate of drug-likeness (QED) is 0.619. The number of hydrogen-bond acceptors (Lipinski definition) is 2. The first-order valence-electron chi connectivity index (χ1n) is 8.09. The average molecular weight is 330 g/mol. The van der Waals surface area contributed by atoms with Gasteiger partial charge in [-0.1, -0.05) is 36.4 Å². The van der Waals surface area contributed by atoms with Crippen LogP contribution in [0.15, 0.2) is 67.1 Å². The molecule has 0 fully saturated rings. The van der Waals surface area contributed by atoms with Crippen molar-refractivity contribution < 1.29 is 4.79 Å². The van der Waals surface area contributed by atoms with Crippen LogP contribution >= 0.6 is 0 Å². The van der Waals surface area contributed by atoms with E-state index in [1.165, 1.54) is 0 Å². The number of aryl methyl sites for hydroxylation is 2. The van der Waals surface area contributed by atoms with E-state index in [2.05, 4.69) is 10.4 Å². The van der Waals surface area contributed by atoms with Crippen LogP contribution in [0.1, 0.15) is 15.9 Å². The Hall–Kier alpha value is -3.34. The number of carbonyl (C=O) groups is 1.